The third-order valence-electron chi connectivity index (χ3n) is 3.20. The quantitative estimate of drug-likeness (QED) is 0.901. The largest absolute Gasteiger partial charge is 0.465 e. The molecule has 1 aromatic heterocycles. The SMILES string of the molecule is CC(C)(C)N(C(=O)O)c1ccnc(N2CCCC2=O)c1. The molecule has 1 N–H and O–H groups in total. The lowest BCUT2D eigenvalue weighted by atomic mass is 10.1. The summed E-state index contributed by atoms with van der Waals surface area (Å²) < 4.78 is 0. The molecular weight excluding hydrogens is 258 g/mol. The number of amides is 2. The average molecular weight is 277 g/mol. The summed E-state index contributed by atoms with van der Waals surface area (Å²) in [5.74, 6) is 0.549. The molecule has 1 aliphatic heterocycles. The molecule has 2 rings (SSSR count). The molecule has 0 aliphatic carbocycles. The molecule has 1 aromatic rings. The number of pyridine rings is 1. The van der Waals surface area contributed by atoms with Crippen molar-refractivity contribution in [1.82, 2.24) is 4.98 Å². The van der Waals surface area contributed by atoms with Crippen molar-refractivity contribution in [2.24, 2.45) is 0 Å². The number of rotatable bonds is 2. The molecule has 0 bridgehead atoms. The van der Waals surface area contributed by atoms with Crippen LogP contribution in [0.3, 0.4) is 0 Å². The van der Waals surface area contributed by atoms with Gasteiger partial charge in [0.2, 0.25) is 5.91 Å². The smallest absolute Gasteiger partial charge is 0.412 e. The number of carbonyl (C=O) groups excluding carboxylic acids is 1. The Bertz CT molecular complexity index is 537. The topological polar surface area (TPSA) is 73.7 Å². The number of carboxylic acid groups (broad SMARTS) is 1. The maximum absolute atomic E-state index is 11.7. The predicted octanol–water partition coefficient (Wildman–Crippen LogP) is 2.49. The number of hydrogen-bond acceptors (Lipinski definition) is 3. The van der Waals surface area contributed by atoms with E-state index in [2.05, 4.69) is 4.98 Å². The van der Waals surface area contributed by atoms with Gasteiger partial charge < -0.3 is 5.11 Å². The molecule has 0 spiro atoms. The fourth-order valence-corrected chi connectivity index (χ4v) is 2.37. The molecule has 1 fully saturated rings. The molecule has 1 saturated heterocycles. The Balaban J connectivity index is 2.38. The van der Waals surface area contributed by atoms with Gasteiger partial charge in [-0.1, -0.05) is 0 Å². The highest BCUT2D eigenvalue weighted by molar-refractivity contribution is 5.95. The summed E-state index contributed by atoms with van der Waals surface area (Å²) in [5, 5.41) is 9.40. The molecule has 6 nitrogen and oxygen atoms in total. The Morgan fingerprint density at radius 2 is 2.15 bits per heavy atom. The summed E-state index contributed by atoms with van der Waals surface area (Å²) in [5.41, 5.74) is -0.0471. The van der Waals surface area contributed by atoms with E-state index < -0.39 is 11.6 Å². The molecule has 0 aromatic carbocycles. The summed E-state index contributed by atoms with van der Waals surface area (Å²) in [6, 6.07) is 3.30. The molecule has 2 heterocycles. The van der Waals surface area contributed by atoms with Crippen molar-refractivity contribution in [1.29, 1.82) is 0 Å². The molecule has 108 valence electrons. The van der Waals surface area contributed by atoms with Gasteiger partial charge in [-0.2, -0.15) is 0 Å². The first-order valence-electron chi connectivity index (χ1n) is 6.60. The standard InChI is InChI=1S/C14H19N3O3/c1-14(2,3)17(13(19)20)10-6-7-15-11(9-10)16-8-4-5-12(16)18/h6-7,9H,4-5,8H2,1-3H3,(H,19,20). The van der Waals surface area contributed by atoms with Crippen LogP contribution in [0.4, 0.5) is 16.3 Å². The molecule has 1 aliphatic rings. The normalized spacial score (nSPS) is 15.6. The molecule has 0 unspecified atom stereocenters. The van der Waals surface area contributed by atoms with Crippen molar-refractivity contribution < 1.29 is 14.7 Å². The third kappa shape index (κ3) is 2.74. The van der Waals surface area contributed by atoms with Gasteiger partial charge in [-0.25, -0.2) is 9.78 Å². The van der Waals surface area contributed by atoms with E-state index >= 15 is 0 Å². The van der Waals surface area contributed by atoms with Crippen molar-refractivity contribution in [3.8, 4) is 0 Å². The first-order valence-corrected chi connectivity index (χ1v) is 6.60. The van der Waals surface area contributed by atoms with Crippen molar-refractivity contribution in [2.75, 3.05) is 16.3 Å². The van der Waals surface area contributed by atoms with Crippen molar-refractivity contribution in [2.45, 2.75) is 39.2 Å². The monoisotopic (exact) mass is 277 g/mol. The van der Waals surface area contributed by atoms with Crippen LogP contribution >= 0.6 is 0 Å². The lowest BCUT2D eigenvalue weighted by molar-refractivity contribution is -0.117. The summed E-state index contributed by atoms with van der Waals surface area (Å²) >= 11 is 0. The second kappa shape index (κ2) is 5.11. The maximum Gasteiger partial charge on any atom is 0.412 e. The lowest BCUT2D eigenvalue weighted by Crippen LogP contribution is -2.45. The van der Waals surface area contributed by atoms with Crippen LogP contribution in [0.5, 0.6) is 0 Å². The zero-order valence-corrected chi connectivity index (χ0v) is 12.0. The second-order valence-corrected chi connectivity index (χ2v) is 5.81. The molecule has 6 heteroatoms. The summed E-state index contributed by atoms with van der Waals surface area (Å²) in [7, 11) is 0. The molecule has 20 heavy (non-hydrogen) atoms. The van der Waals surface area contributed by atoms with Crippen molar-refractivity contribution >= 4 is 23.5 Å². The Morgan fingerprint density at radius 3 is 2.65 bits per heavy atom. The van der Waals surface area contributed by atoms with E-state index in [4.69, 9.17) is 0 Å². The van der Waals surface area contributed by atoms with Crippen LogP contribution in [-0.4, -0.2) is 34.2 Å². The molecule has 0 saturated carbocycles. The zero-order chi connectivity index (χ0) is 14.9. The van der Waals surface area contributed by atoms with Crippen LogP contribution in [0.2, 0.25) is 0 Å². The van der Waals surface area contributed by atoms with Gasteiger partial charge in [-0.15, -0.1) is 0 Å². The van der Waals surface area contributed by atoms with E-state index in [1.54, 1.807) is 17.0 Å². The van der Waals surface area contributed by atoms with Gasteiger partial charge in [0.25, 0.3) is 0 Å². The second-order valence-electron chi connectivity index (χ2n) is 5.81. The molecule has 0 radical (unpaired) electrons. The minimum atomic E-state index is -1.03. The van der Waals surface area contributed by atoms with E-state index in [1.165, 1.54) is 11.1 Å². The Labute approximate surface area is 118 Å². The van der Waals surface area contributed by atoms with Crippen LogP contribution in [0.15, 0.2) is 18.3 Å². The van der Waals surface area contributed by atoms with Crippen LogP contribution in [-0.2, 0) is 4.79 Å². The average Bonchev–Trinajstić information content (AvgIpc) is 2.73. The van der Waals surface area contributed by atoms with E-state index in [1.807, 2.05) is 20.8 Å². The highest BCUT2D eigenvalue weighted by atomic mass is 16.4. The summed E-state index contributed by atoms with van der Waals surface area (Å²) in [6.07, 6.45) is 1.85. The number of carbonyl (C=O) groups is 2. The van der Waals surface area contributed by atoms with E-state index in [0.29, 0.717) is 24.5 Å². The van der Waals surface area contributed by atoms with Gasteiger partial charge in [0.05, 0.1) is 5.69 Å². The fourth-order valence-electron chi connectivity index (χ4n) is 2.37. The number of anilines is 2. The minimum absolute atomic E-state index is 0.0345. The summed E-state index contributed by atoms with van der Waals surface area (Å²) in [4.78, 5) is 30.3. The van der Waals surface area contributed by atoms with Gasteiger partial charge in [0, 0.05) is 30.8 Å². The lowest BCUT2D eigenvalue weighted by Gasteiger charge is -2.33. The predicted molar refractivity (Wildman–Crippen MR) is 76.1 cm³/mol. The van der Waals surface area contributed by atoms with Crippen molar-refractivity contribution in [3.05, 3.63) is 18.3 Å². The maximum atomic E-state index is 11.7. The van der Waals surface area contributed by atoms with E-state index in [9.17, 15) is 14.7 Å². The van der Waals surface area contributed by atoms with Crippen LogP contribution in [0, 0.1) is 0 Å². The Kier molecular flexibility index (Phi) is 3.65. The first kappa shape index (κ1) is 14.3. The van der Waals surface area contributed by atoms with Crippen LogP contribution < -0.4 is 9.80 Å². The third-order valence-corrected chi connectivity index (χ3v) is 3.20. The number of nitrogens with zero attached hydrogens (tertiary/aromatic N) is 3. The van der Waals surface area contributed by atoms with Gasteiger partial charge in [0.1, 0.15) is 5.82 Å². The Hall–Kier alpha value is -2.11. The first-order chi connectivity index (χ1) is 9.30. The van der Waals surface area contributed by atoms with Crippen LogP contribution in [0.1, 0.15) is 33.6 Å². The van der Waals surface area contributed by atoms with Gasteiger partial charge in [0.15, 0.2) is 0 Å². The van der Waals surface area contributed by atoms with E-state index in [-0.39, 0.29) is 5.91 Å². The summed E-state index contributed by atoms with van der Waals surface area (Å²) in [6.45, 7) is 6.10. The van der Waals surface area contributed by atoms with Crippen LogP contribution in [0.25, 0.3) is 0 Å². The number of hydrogen-bond donors (Lipinski definition) is 1. The highest BCUT2D eigenvalue weighted by Gasteiger charge is 2.29. The molecule has 2 amide bonds. The van der Waals surface area contributed by atoms with Gasteiger partial charge in [-0.05, 0) is 33.3 Å². The Morgan fingerprint density at radius 1 is 1.45 bits per heavy atom. The van der Waals surface area contributed by atoms with Gasteiger partial charge in [-0.3, -0.25) is 14.6 Å². The minimum Gasteiger partial charge on any atom is -0.465 e. The zero-order valence-electron chi connectivity index (χ0n) is 12.0. The molecule has 0 atom stereocenters. The van der Waals surface area contributed by atoms with E-state index in [0.717, 1.165) is 6.42 Å². The number of aromatic nitrogens is 1. The van der Waals surface area contributed by atoms with Crippen molar-refractivity contribution in [3.63, 3.8) is 0 Å². The molecular formula is C14H19N3O3. The highest BCUT2D eigenvalue weighted by Crippen LogP contribution is 2.28. The van der Waals surface area contributed by atoms with Gasteiger partial charge >= 0.3 is 6.09 Å². The fraction of sp³-hybridized carbons (Fsp3) is 0.500.